The number of carbonyl (C=O) groups excluding carboxylic acids is 2. The van der Waals surface area contributed by atoms with Crippen molar-refractivity contribution in [1.29, 1.82) is 0 Å². The number of hydrogen-bond acceptors (Lipinski definition) is 3. The molecule has 1 unspecified atom stereocenters. The average molecular weight is 243 g/mol. The zero-order valence-electron chi connectivity index (χ0n) is 10.9. The van der Waals surface area contributed by atoms with Crippen LogP contribution in [0.3, 0.4) is 0 Å². The predicted molar refractivity (Wildman–Crippen MR) is 68.1 cm³/mol. The van der Waals surface area contributed by atoms with E-state index in [-0.39, 0.29) is 12.5 Å². The topological polar surface area (TPSA) is 89.4 Å². The molecule has 0 bridgehead atoms. The molecule has 5 heteroatoms. The van der Waals surface area contributed by atoms with Crippen LogP contribution >= 0.6 is 0 Å². The molecule has 0 aromatic heterocycles. The number of carbonyl (C=O) groups is 2. The number of amides is 2. The third kappa shape index (κ3) is 7.74. The van der Waals surface area contributed by atoms with Gasteiger partial charge in [-0.05, 0) is 25.3 Å². The lowest BCUT2D eigenvalue weighted by atomic mass is 9.94. The maximum Gasteiger partial charge on any atom is 0.237 e. The first-order valence-corrected chi connectivity index (χ1v) is 6.23. The largest absolute Gasteiger partial charge is 0.368 e. The Labute approximate surface area is 104 Å². The number of likely N-dealkylation sites (N-methyl/N-ethyl adjacent to an activating group) is 1. The molecule has 2 amide bonds. The van der Waals surface area contributed by atoms with Crippen molar-refractivity contribution in [2.45, 2.75) is 39.0 Å². The first-order chi connectivity index (χ1) is 8.01. The molecule has 0 saturated heterocycles. The van der Waals surface area contributed by atoms with Gasteiger partial charge in [0.1, 0.15) is 0 Å². The van der Waals surface area contributed by atoms with Gasteiger partial charge in [-0.15, -0.1) is 0 Å². The number of nitrogens with two attached hydrogens (primary N) is 2. The summed E-state index contributed by atoms with van der Waals surface area (Å²) in [7, 11) is 1.60. The molecule has 0 aliphatic heterocycles. The van der Waals surface area contributed by atoms with Gasteiger partial charge in [0.05, 0.1) is 6.54 Å². The smallest absolute Gasteiger partial charge is 0.237 e. The first-order valence-electron chi connectivity index (χ1n) is 6.23. The van der Waals surface area contributed by atoms with Crippen LogP contribution in [-0.4, -0.2) is 36.9 Å². The SMILES string of the molecule is CCCC(CCN)CCC(=O)N(C)CC(N)=O. The highest BCUT2D eigenvalue weighted by molar-refractivity contribution is 5.83. The maximum absolute atomic E-state index is 11.7. The summed E-state index contributed by atoms with van der Waals surface area (Å²) in [6.45, 7) is 2.79. The van der Waals surface area contributed by atoms with E-state index in [1.165, 1.54) is 4.90 Å². The molecule has 0 heterocycles. The Morgan fingerprint density at radius 1 is 1.24 bits per heavy atom. The van der Waals surface area contributed by atoms with E-state index in [4.69, 9.17) is 11.5 Å². The van der Waals surface area contributed by atoms with Gasteiger partial charge in [0.2, 0.25) is 11.8 Å². The lowest BCUT2D eigenvalue weighted by molar-refractivity contribution is -0.134. The Bertz CT molecular complexity index is 238. The van der Waals surface area contributed by atoms with Crippen molar-refractivity contribution >= 4 is 11.8 Å². The van der Waals surface area contributed by atoms with Gasteiger partial charge < -0.3 is 16.4 Å². The van der Waals surface area contributed by atoms with Gasteiger partial charge >= 0.3 is 0 Å². The van der Waals surface area contributed by atoms with E-state index in [1.807, 2.05) is 0 Å². The monoisotopic (exact) mass is 243 g/mol. The predicted octanol–water partition coefficient (Wildman–Crippen LogP) is 0.475. The minimum Gasteiger partial charge on any atom is -0.368 e. The normalized spacial score (nSPS) is 12.2. The van der Waals surface area contributed by atoms with Crippen LogP contribution in [0.4, 0.5) is 0 Å². The van der Waals surface area contributed by atoms with Crippen LogP contribution in [0.25, 0.3) is 0 Å². The van der Waals surface area contributed by atoms with Crippen LogP contribution in [0.5, 0.6) is 0 Å². The molecule has 0 spiro atoms. The van der Waals surface area contributed by atoms with E-state index in [2.05, 4.69) is 6.92 Å². The van der Waals surface area contributed by atoms with E-state index in [9.17, 15) is 9.59 Å². The van der Waals surface area contributed by atoms with Crippen LogP contribution in [-0.2, 0) is 9.59 Å². The van der Waals surface area contributed by atoms with Crippen molar-refractivity contribution < 1.29 is 9.59 Å². The fraction of sp³-hybridized carbons (Fsp3) is 0.833. The van der Waals surface area contributed by atoms with E-state index in [0.717, 1.165) is 25.7 Å². The molecule has 0 saturated carbocycles. The molecular weight excluding hydrogens is 218 g/mol. The van der Waals surface area contributed by atoms with Crippen molar-refractivity contribution in [1.82, 2.24) is 4.90 Å². The fourth-order valence-electron chi connectivity index (χ4n) is 1.92. The molecule has 0 aliphatic rings. The van der Waals surface area contributed by atoms with Gasteiger partial charge in [-0.25, -0.2) is 0 Å². The van der Waals surface area contributed by atoms with Crippen molar-refractivity contribution in [2.75, 3.05) is 20.1 Å². The highest BCUT2D eigenvalue weighted by Crippen LogP contribution is 2.17. The third-order valence-electron chi connectivity index (χ3n) is 2.86. The summed E-state index contributed by atoms with van der Waals surface area (Å²) in [5.74, 6) is 0.00534. The zero-order valence-corrected chi connectivity index (χ0v) is 10.9. The fourth-order valence-corrected chi connectivity index (χ4v) is 1.92. The Kier molecular flexibility index (Phi) is 8.40. The second-order valence-corrected chi connectivity index (χ2v) is 4.49. The number of hydrogen-bond donors (Lipinski definition) is 2. The average Bonchev–Trinajstić information content (AvgIpc) is 2.25. The molecule has 4 N–H and O–H groups in total. The van der Waals surface area contributed by atoms with E-state index in [0.29, 0.717) is 18.9 Å². The van der Waals surface area contributed by atoms with Crippen molar-refractivity contribution in [3.05, 3.63) is 0 Å². The Morgan fingerprint density at radius 2 is 1.88 bits per heavy atom. The van der Waals surface area contributed by atoms with Gasteiger partial charge in [0.15, 0.2) is 0 Å². The first kappa shape index (κ1) is 15.9. The standard InChI is InChI=1S/C12H25N3O2/c1-3-4-10(7-8-13)5-6-12(17)15(2)9-11(14)16/h10H,3-9,13H2,1-2H3,(H2,14,16). The van der Waals surface area contributed by atoms with Crippen molar-refractivity contribution in [3.8, 4) is 0 Å². The summed E-state index contributed by atoms with van der Waals surface area (Å²) in [6, 6.07) is 0. The van der Waals surface area contributed by atoms with E-state index in [1.54, 1.807) is 7.05 Å². The lowest BCUT2D eigenvalue weighted by Gasteiger charge is -2.18. The molecule has 1 atom stereocenters. The van der Waals surface area contributed by atoms with Crippen LogP contribution in [0, 0.1) is 5.92 Å². The third-order valence-corrected chi connectivity index (χ3v) is 2.86. The molecule has 0 fully saturated rings. The Balaban J connectivity index is 3.97. The second-order valence-electron chi connectivity index (χ2n) is 4.49. The molecule has 0 rings (SSSR count). The molecule has 0 aliphatic carbocycles. The molecule has 0 aromatic carbocycles. The molecule has 100 valence electrons. The van der Waals surface area contributed by atoms with Crippen LogP contribution in [0.15, 0.2) is 0 Å². The zero-order chi connectivity index (χ0) is 13.3. The maximum atomic E-state index is 11.7. The summed E-state index contributed by atoms with van der Waals surface area (Å²) in [6.07, 6.45) is 4.47. The molecular formula is C12H25N3O2. The quantitative estimate of drug-likeness (QED) is 0.617. The summed E-state index contributed by atoms with van der Waals surface area (Å²) >= 11 is 0. The Morgan fingerprint density at radius 3 is 2.35 bits per heavy atom. The summed E-state index contributed by atoms with van der Waals surface area (Å²) < 4.78 is 0. The number of primary amides is 1. The van der Waals surface area contributed by atoms with Crippen LogP contribution in [0.2, 0.25) is 0 Å². The van der Waals surface area contributed by atoms with E-state index >= 15 is 0 Å². The lowest BCUT2D eigenvalue weighted by Crippen LogP contribution is -2.35. The van der Waals surface area contributed by atoms with Crippen LogP contribution in [0.1, 0.15) is 39.0 Å². The van der Waals surface area contributed by atoms with Gasteiger partial charge in [-0.1, -0.05) is 19.8 Å². The van der Waals surface area contributed by atoms with E-state index < -0.39 is 5.91 Å². The van der Waals surface area contributed by atoms with Crippen LogP contribution < -0.4 is 11.5 Å². The molecule has 0 radical (unpaired) electrons. The van der Waals surface area contributed by atoms with Gasteiger partial charge in [0.25, 0.3) is 0 Å². The summed E-state index contributed by atoms with van der Waals surface area (Å²) in [4.78, 5) is 23.7. The van der Waals surface area contributed by atoms with Gasteiger partial charge in [-0.3, -0.25) is 9.59 Å². The minimum absolute atomic E-state index is 0.00579. The number of nitrogens with zero attached hydrogens (tertiary/aromatic N) is 1. The van der Waals surface area contributed by atoms with Crippen molar-refractivity contribution in [3.63, 3.8) is 0 Å². The second kappa shape index (κ2) is 8.98. The minimum atomic E-state index is -0.479. The molecule has 17 heavy (non-hydrogen) atoms. The molecule has 5 nitrogen and oxygen atoms in total. The highest BCUT2D eigenvalue weighted by atomic mass is 16.2. The highest BCUT2D eigenvalue weighted by Gasteiger charge is 2.14. The van der Waals surface area contributed by atoms with Gasteiger partial charge in [-0.2, -0.15) is 0 Å². The molecule has 0 aromatic rings. The summed E-state index contributed by atoms with van der Waals surface area (Å²) in [5, 5.41) is 0. The number of rotatable bonds is 9. The van der Waals surface area contributed by atoms with Gasteiger partial charge in [0, 0.05) is 13.5 Å². The van der Waals surface area contributed by atoms with Crippen molar-refractivity contribution in [2.24, 2.45) is 17.4 Å². The Hall–Kier alpha value is -1.10. The summed E-state index contributed by atoms with van der Waals surface area (Å²) in [5.41, 5.74) is 10.6.